The quantitative estimate of drug-likeness (QED) is 0.901. The molecule has 1 aliphatic heterocycles. The zero-order chi connectivity index (χ0) is 14.7. The number of nitrogens with zero attached hydrogens (tertiary/aromatic N) is 1. The molecular weight excluding hydrogens is 260 g/mol. The third kappa shape index (κ3) is 3.78. The molecule has 1 N–H and O–H groups in total. The summed E-state index contributed by atoms with van der Waals surface area (Å²) in [4.78, 5) is 2.53. The SMILES string of the molecule is Cc1cc(C)c(OCC2CCC2)c(CN2CCNCC2)c1. The fourth-order valence-corrected chi connectivity index (χ4v) is 3.34. The van der Waals surface area contributed by atoms with Crippen LogP contribution < -0.4 is 10.1 Å². The average molecular weight is 288 g/mol. The molecule has 0 amide bonds. The molecule has 2 fully saturated rings. The first kappa shape index (κ1) is 14.9. The van der Waals surface area contributed by atoms with Crippen molar-refractivity contribution in [2.24, 2.45) is 5.92 Å². The van der Waals surface area contributed by atoms with E-state index in [1.165, 1.54) is 36.0 Å². The number of rotatable bonds is 5. The second kappa shape index (κ2) is 6.80. The summed E-state index contributed by atoms with van der Waals surface area (Å²) in [7, 11) is 0. The molecule has 116 valence electrons. The van der Waals surface area contributed by atoms with E-state index in [-0.39, 0.29) is 0 Å². The molecule has 2 aliphatic rings. The van der Waals surface area contributed by atoms with Gasteiger partial charge in [-0.2, -0.15) is 0 Å². The molecule has 1 aromatic rings. The van der Waals surface area contributed by atoms with Crippen LogP contribution >= 0.6 is 0 Å². The lowest BCUT2D eigenvalue weighted by Gasteiger charge is -2.29. The lowest BCUT2D eigenvalue weighted by molar-refractivity contribution is 0.174. The molecule has 1 saturated heterocycles. The minimum Gasteiger partial charge on any atom is -0.493 e. The molecule has 3 nitrogen and oxygen atoms in total. The van der Waals surface area contributed by atoms with Crippen LogP contribution in [-0.2, 0) is 6.54 Å². The maximum Gasteiger partial charge on any atom is 0.126 e. The summed E-state index contributed by atoms with van der Waals surface area (Å²) < 4.78 is 6.23. The van der Waals surface area contributed by atoms with Crippen molar-refractivity contribution < 1.29 is 4.74 Å². The van der Waals surface area contributed by atoms with Crippen molar-refractivity contribution in [3.63, 3.8) is 0 Å². The number of aryl methyl sites for hydroxylation is 2. The van der Waals surface area contributed by atoms with Crippen LogP contribution in [0, 0.1) is 19.8 Å². The molecule has 0 atom stereocenters. The Bertz CT molecular complexity index is 476. The van der Waals surface area contributed by atoms with Crippen LogP contribution in [0.1, 0.15) is 36.0 Å². The van der Waals surface area contributed by atoms with Crippen molar-refractivity contribution in [2.45, 2.75) is 39.7 Å². The molecule has 0 unspecified atom stereocenters. The summed E-state index contributed by atoms with van der Waals surface area (Å²) in [5.74, 6) is 1.93. The lowest BCUT2D eigenvalue weighted by Crippen LogP contribution is -2.43. The molecule has 21 heavy (non-hydrogen) atoms. The van der Waals surface area contributed by atoms with Gasteiger partial charge in [0.2, 0.25) is 0 Å². The number of piperazine rings is 1. The summed E-state index contributed by atoms with van der Waals surface area (Å²) >= 11 is 0. The van der Waals surface area contributed by atoms with Gasteiger partial charge in [0, 0.05) is 38.3 Å². The fourth-order valence-electron chi connectivity index (χ4n) is 3.34. The molecule has 1 aliphatic carbocycles. The van der Waals surface area contributed by atoms with Crippen LogP contribution in [0.4, 0.5) is 0 Å². The van der Waals surface area contributed by atoms with Gasteiger partial charge in [-0.15, -0.1) is 0 Å². The molecule has 3 rings (SSSR count). The van der Waals surface area contributed by atoms with Crippen molar-refractivity contribution >= 4 is 0 Å². The van der Waals surface area contributed by atoms with Gasteiger partial charge in [0.25, 0.3) is 0 Å². The molecule has 0 radical (unpaired) electrons. The molecule has 0 spiro atoms. The van der Waals surface area contributed by atoms with E-state index in [4.69, 9.17) is 4.74 Å². The molecular formula is C18H28N2O. The summed E-state index contributed by atoms with van der Waals surface area (Å²) in [5, 5.41) is 3.42. The second-order valence-electron chi connectivity index (χ2n) is 6.70. The van der Waals surface area contributed by atoms with Gasteiger partial charge in [0.15, 0.2) is 0 Å². The van der Waals surface area contributed by atoms with Crippen LogP contribution in [0.25, 0.3) is 0 Å². The minimum absolute atomic E-state index is 0.790. The first-order chi connectivity index (χ1) is 10.2. The Kier molecular flexibility index (Phi) is 4.81. The molecule has 1 heterocycles. The third-order valence-electron chi connectivity index (χ3n) is 4.79. The number of ether oxygens (including phenoxy) is 1. The standard InChI is InChI=1S/C18H28N2O/c1-14-10-15(2)18(21-13-16-4-3-5-16)17(11-14)12-20-8-6-19-7-9-20/h10-11,16,19H,3-9,12-13H2,1-2H3. The Morgan fingerprint density at radius 3 is 2.62 bits per heavy atom. The van der Waals surface area contributed by atoms with Gasteiger partial charge < -0.3 is 10.1 Å². The Morgan fingerprint density at radius 2 is 1.95 bits per heavy atom. The highest BCUT2D eigenvalue weighted by molar-refractivity contribution is 5.44. The highest BCUT2D eigenvalue weighted by Gasteiger charge is 2.20. The average Bonchev–Trinajstić information content (AvgIpc) is 2.41. The van der Waals surface area contributed by atoms with Crippen LogP contribution in [0.2, 0.25) is 0 Å². The van der Waals surface area contributed by atoms with Gasteiger partial charge >= 0.3 is 0 Å². The van der Waals surface area contributed by atoms with E-state index in [1.807, 2.05) is 0 Å². The van der Waals surface area contributed by atoms with Crippen molar-refractivity contribution in [1.29, 1.82) is 0 Å². The Morgan fingerprint density at radius 1 is 1.19 bits per heavy atom. The van der Waals surface area contributed by atoms with Gasteiger partial charge in [-0.3, -0.25) is 4.90 Å². The van der Waals surface area contributed by atoms with Crippen molar-refractivity contribution in [3.05, 3.63) is 28.8 Å². The highest BCUT2D eigenvalue weighted by Crippen LogP contribution is 2.31. The number of hydrogen-bond acceptors (Lipinski definition) is 3. The van der Waals surface area contributed by atoms with Crippen LogP contribution in [0.3, 0.4) is 0 Å². The normalized spacial score (nSPS) is 20.3. The second-order valence-corrected chi connectivity index (χ2v) is 6.70. The maximum absolute atomic E-state index is 6.23. The summed E-state index contributed by atoms with van der Waals surface area (Å²) in [6, 6.07) is 4.56. The van der Waals surface area contributed by atoms with Crippen LogP contribution in [0.15, 0.2) is 12.1 Å². The maximum atomic E-state index is 6.23. The van der Waals surface area contributed by atoms with Crippen molar-refractivity contribution in [3.8, 4) is 5.75 Å². The lowest BCUT2D eigenvalue weighted by atomic mass is 9.86. The zero-order valence-corrected chi connectivity index (χ0v) is 13.5. The van der Waals surface area contributed by atoms with E-state index in [0.717, 1.165) is 51.0 Å². The van der Waals surface area contributed by atoms with Gasteiger partial charge in [0.1, 0.15) is 5.75 Å². The molecule has 1 saturated carbocycles. The van der Waals surface area contributed by atoms with E-state index in [1.54, 1.807) is 0 Å². The first-order valence-electron chi connectivity index (χ1n) is 8.38. The topological polar surface area (TPSA) is 24.5 Å². The molecule has 3 heteroatoms. The van der Waals surface area contributed by atoms with E-state index >= 15 is 0 Å². The number of benzene rings is 1. The molecule has 1 aromatic carbocycles. The van der Waals surface area contributed by atoms with E-state index in [2.05, 4.69) is 36.2 Å². The number of hydrogen-bond donors (Lipinski definition) is 1. The van der Waals surface area contributed by atoms with Gasteiger partial charge in [-0.25, -0.2) is 0 Å². The number of nitrogens with one attached hydrogen (secondary N) is 1. The highest BCUT2D eigenvalue weighted by atomic mass is 16.5. The Labute approximate surface area is 128 Å². The van der Waals surface area contributed by atoms with Gasteiger partial charge in [0.05, 0.1) is 6.61 Å². The first-order valence-corrected chi connectivity index (χ1v) is 8.38. The van der Waals surface area contributed by atoms with Crippen molar-refractivity contribution in [2.75, 3.05) is 32.8 Å². The predicted molar refractivity (Wildman–Crippen MR) is 86.9 cm³/mol. The fraction of sp³-hybridized carbons (Fsp3) is 0.667. The van der Waals surface area contributed by atoms with E-state index in [9.17, 15) is 0 Å². The summed E-state index contributed by atoms with van der Waals surface area (Å²) in [6.45, 7) is 10.8. The summed E-state index contributed by atoms with van der Waals surface area (Å²) in [6.07, 6.45) is 4.07. The molecule has 0 bridgehead atoms. The minimum atomic E-state index is 0.790. The Balaban J connectivity index is 1.72. The summed E-state index contributed by atoms with van der Waals surface area (Å²) in [5.41, 5.74) is 4.00. The predicted octanol–water partition coefficient (Wildman–Crippen LogP) is 2.89. The van der Waals surface area contributed by atoms with Gasteiger partial charge in [-0.1, -0.05) is 24.1 Å². The van der Waals surface area contributed by atoms with E-state index in [0.29, 0.717) is 0 Å². The largest absolute Gasteiger partial charge is 0.493 e. The smallest absolute Gasteiger partial charge is 0.126 e. The van der Waals surface area contributed by atoms with Gasteiger partial charge in [-0.05, 0) is 38.2 Å². The van der Waals surface area contributed by atoms with Crippen LogP contribution in [-0.4, -0.2) is 37.7 Å². The van der Waals surface area contributed by atoms with Crippen LogP contribution in [0.5, 0.6) is 5.75 Å². The monoisotopic (exact) mass is 288 g/mol. The van der Waals surface area contributed by atoms with E-state index < -0.39 is 0 Å². The molecule has 0 aromatic heterocycles. The zero-order valence-electron chi connectivity index (χ0n) is 13.5. The van der Waals surface area contributed by atoms with Crippen molar-refractivity contribution in [1.82, 2.24) is 10.2 Å². The Hall–Kier alpha value is -1.06. The third-order valence-corrected chi connectivity index (χ3v) is 4.79.